The zero-order valence-corrected chi connectivity index (χ0v) is 17.2. The highest BCUT2D eigenvalue weighted by atomic mass is 35.5. The van der Waals surface area contributed by atoms with Crippen LogP contribution in [-0.2, 0) is 16.4 Å². The average molecular weight is 422 g/mol. The second-order valence-corrected chi connectivity index (χ2v) is 9.13. The highest BCUT2D eigenvalue weighted by Gasteiger charge is 2.36. The molecule has 4 rings (SSSR count). The molecule has 2 atom stereocenters. The number of fused-ring (bicyclic) bond motifs is 1. The lowest BCUT2D eigenvalue weighted by Gasteiger charge is -2.25. The smallest absolute Gasteiger partial charge is 0.264 e. The first kappa shape index (κ1) is 20.6. The van der Waals surface area contributed by atoms with Crippen LogP contribution in [0.25, 0.3) is 0 Å². The predicted octanol–water partition coefficient (Wildman–Crippen LogP) is 2.42. The summed E-state index contributed by atoms with van der Waals surface area (Å²) in [6.07, 6.45) is 1.45. The lowest BCUT2D eigenvalue weighted by atomic mass is 10.1. The standard InChI is InChI=1S/C20H23N3O3S.ClH/c1-14-11-15-5-2-3-8-19(15)23(14)27(25,26)18-7-4-6-16(12-18)20(24)22-10-9-17(21)13-22;/h2-8,12,14,17H,9-11,13,21H2,1H3;1H/t14?,17-;/m1./s1. The molecule has 2 aliphatic rings. The van der Waals surface area contributed by atoms with Gasteiger partial charge in [-0.05, 0) is 49.6 Å². The molecule has 1 amide bonds. The SMILES string of the molecule is CC1Cc2ccccc2N1S(=O)(=O)c1cccc(C(=O)N2CC[C@@H](N)C2)c1.Cl. The average Bonchev–Trinajstić information content (AvgIpc) is 3.23. The number of carbonyl (C=O) groups is 1. The summed E-state index contributed by atoms with van der Waals surface area (Å²) < 4.78 is 28.1. The molecule has 1 saturated heterocycles. The van der Waals surface area contributed by atoms with E-state index in [2.05, 4.69) is 0 Å². The van der Waals surface area contributed by atoms with Crippen LogP contribution >= 0.6 is 12.4 Å². The molecule has 150 valence electrons. The minimum absolute atomic E-state index is 0. The number of nitrogens with zero attached hydrogens (tertiary/aromatic N) is 2. The number of sulfonamides is 1. The van der Waals surface area contributed by atoms with Gasteiger partial charge in [-0.15, -0.1) is 12.4 Å². The van der Waals surface area contributed by atoms with Gasteiger partial charge in [0.05, 0.1) is 10.6 Å². The third-order valence-corrected chi connectivity index (χ3v) is 7.22. The number of hydrogen-bond acceptors (Lipinski definition) is 4. The van der Waals surface area contributed by atoms with E-state index in [0.29, 0.717) is 30.8 Å². The third-order valence-electron chi connectivity index (χ3n) is 5.29. The minimum Gasteiger partial charge on any atom is -0.337 e. The van der Waals surface area contributed by atoms with E-state index in [9.17, 15) is 13.2 Å². The molecule has 0 aromatic heterocycles. The van der Waals surface area contributed by atoms with Crippen molar-refractivity contribution < 1.29 is 13.2 Å². The number of halogens is 1. The topological polar surface area (TPSA) is 83.7 Å². The molecular weight excluding hydrogens is 398 g/mol. The summed E-state index contributed by atoms with van der Waals surface area (Å²) in [7, 11) is -3.75. The van der Waals surface area contributed by atoms with Gasteiger partial charge in [0.25, 0.3) is 15.9 Å². The highest BCUT2D eigenvalue weighted by molar-refractivity contribution is 7.92. The first-order chi connectivity index (χ1) is 12.9. The van der Waals surface area contributed by atoms with E-state index >= 15 is 0 Å². The Morgan fingerprint density at radius 1 is 1.14 bits per heavy atom. The van der Waals surface area contributed by atoms with Crippen LogP contribution in [0.1, 0.15) is 29.3 Å². The molecule has 28 heavy (non-hydrogen) atoms. The molecule has 0 aliphatic carbocycles. The molecule has 0 bridgehead atoms. The lowest BCUT2D eigenvalue weighted by Crippen LogP contribution is -2.36. The number of anilines is 1. The largest absolute Gasteiger partial charge is 0.337 e. The van der Waals surface area contributed by atoms with E-state index in [1.807, 2.05) is 31.2 Å². The second-order valence-electron chi connectivity index (χ2n) is 7.31. The maximum Gasteiger partial charge on any atom is 0.264 e. The van der Waals surface area contributed by atoms with E-state index in [-0.39, 0.29) is 35.3 Å². The number of benzene rings is 2. The molecule has 2 aromatic rings. The highest BCUT2D eigenvalue weighted by Crippen LogP contribution is 2.36. The molecule has 1 fully saturated rings. The van der Waals surface area contributed by atoms with Gasteiger partial charge in [-0.1, -0.05) is 24.3 Å². The number of rotatable bonds is 3. The quantitative estimate of drug-likeness (QED) is 0.824. The molecule has 2 heterocycles. The number of carbonyl (C=O) groups excluding carboxylic acids is 1. The summed E-state index contributed by atoms with van der Waals surface area (Å²) in [6.45, 7) is 3.01. The van der Waals surface area contributed by atoms with E-state index < -0.39 is 10.0 Å². The van der Waals surface area contributed by atoms with Crippen molar-refractivity contribution in [2.24, 2.45) is 5.73 Å². The summed E-state index contributed by atoms with van der Waals surface area (Å²) in [5, 5.41) is 0. The van der Waals surface area contributed by atoms with Gasteiger partial charge in [0, 0.05) is 30.7 Å². The molecule has 0 radical (unpaired) electrons. The Morgan fingerprint density at radius 3 is 2.61 bits per heavy atom. The first-order valence-electron chi connectivity index (χ1n) is 9.15. The van der Waals surface area contributed by atoms with Crippen molar-refractivity contribution in [3.05, 3.63) is 59.7 Å². The molecule has 2 aromatic carbocycles. The van der Waals surface area contributed by atoms with Crippen molar-refractivity contribution in [3.63, 3.8) is 0 Å². The van der Waals surface area contributed by atoms with Gasteiger partial charge in [0.1, 0.15) is 0 Å². The predicted molar refractivity (Wildman–Crippen MR) is 111 cm³/mol. The lowest BCUT2D eigenvalue weighted by molar-refractivity contribution is 0.0790. The molecule has 8 heteroatoms. The van der Waals surface area contributed by atoms with Crippen LogP contribution in [0.2, 0.25) is 0 Å². The number of amides is 1. The van der Waals surface area contributed by atoms with Crippen LogP contribution < -0.4 is 10.0 Å². The number of likely N-dealkylation sites (tertiary alicyclic amines) is 1. The summed E-state index contributed by atoms with van der Waals surface area (Å²) in [5.74, 6) is -0.171. The monoisotopic (exact) mass is 421 g/mol. The van der Waals surface area contributed by atoms with Crippen molar-refractivity contribution in [1.82, 2.24) is 4.90 Å². The van der Waals surface area contributed by atoms with E-state index in [1.54, 1.807) is 23.1 Å². The zero-order chi connectivity index (χ0) is 19.2. The summed E-state index contributed by atoms with van der Waals surface area (Å²) in [5.41, 5.74) is 8.00. The maximum absolute atomic E-state index is 13.3. The number of nitrogens with two attached hydrogens (primary N) is 1. The Morgan fingerprint density at radius 2 is 1.89 bits per heavy atom. The fourth-order valence-electron chi connectivity index (χ4n) is 3.96. The Hall–Kier alpha value is -2.09. The van der Waals surface area contributed by atoms with Crippen LogP contribution in [0.5, 0.6) is 0 Å². The van der Waals surface area contributed by atoms with Crippen molar-refractivity contribution in [1.29, 1.82) is 0 Å². The van der Waals surface area contributed by atoms with E-state index in [4.69, 9.17) is 5.73 Å². The number of para-hydroxylation sites is 1. The van der Waals surface area contributed by atoms with Crippen LogP contribution in [0.15, 0.2) is 53.4 Å². The van der Waals surface area contributed by atoms with Gasteiger partial charge in [0.2, 0.25) is 0 Å². The third kappa shape index (κ3) is 3.50. The van der Waals surface area contributed by atoms with Gasteiger partial charge < -0.3 is 10.6 Å². The Bertz CT molecular complexity index is 996. The normalized spacial score (nSPS) is 21.4. The van der Waals surface area contributed by atoms with Gasteiger partial charge in [0.15, 0.2) is 0 Å². The second kappa shape index (κ2) is 7.73. The van der Waals surface area contributed by atoms with Crippen LogP contribution in [-0.4, -0.2) is 44.4 Å². The molecule has 6 nitrogen and oxygen atoms in total. The molecular formula is C20H24ClN3O3S. The summed E-state index contributed by atoms with van der Waals surface area (Å²) in [4.78, 5) is 14.5. The van der Waals surface area contributed by atoms with Crippen LogP contribution in [0, 0.1) is 0 Å². The summed E-state index contributed by atoms with van der Waals surface area (Å²) >= 11 is 0. The molecule has 0 saturated carbocycles. The van der Waals surface area contributed by atoms with Gasteiger partial charge in [-0.25, -0.2) is 8.42 Å². The van der Waals surface area contributed by atoms with Crippen molar-refractivity contribution >= 4 is 34.0 Å². The van der Waals surface area contributed by atoms with Gasteiger partial charge in [-0.2, -0.15) is 0 Å². The Labute approximate surface area is 171 Å². The van der Waals surface area contributed by atoms with Crippen molar-refractivity contribution in [2.75, 3.05) is 17.4 Å². The summed E-state index contributed by atoms with van der Waals surface area (Å²) in [6, 6.07) is 13.7. The molecule has 1 unspecified atom stereocenters. The van der Waals surface area contributed by atoms with E-state index in [0.717, 1.165) is 12.0 Å². The number of hydrogen-bond donors (Lipinski definition) is 1. The van der Waals surface area contributed by atoms with E-state index in [1.165, 1.54) is 10.4 Å². The zero-order valence-electron chi connectivity index (χ0n) is 15.6. The fourth-order valence-corrected chi connectivity index (χ4v) is 5.70. The van der Waals surface area contributed by atoms with Crippen LogP contribution in [0.4, 0.5) is 5.69 Å². The molecule has 2 aliphatic heterocycles. The Balaban J connectivity index is 0.00000225. The maximum atomic E-state index is 13.3. The molecule has 0 spiro atoms. The van der Waals surface area contributed by atoms with Crippen molar-refractivity contribution in [2.45, 2.75) is 36.7 Å². The van der Waals surface area contributed by atoms with Gasteiger partial charge in [-0.3, -0.25) is 9.10 Å². The van der Waals surface area contributed by atoms with Crippen LogP contribution in [0.3, 0.4) is 0 Å². The molecule has 2 N–H and O–H groups in total. The first-order valence-corrected chi connectivity index (χ1v) is 10.6. The van der Waals surface area contributed by atoms with Crippen molar-refractivity contribution in [3.8, 4) is 0 Å². The Kier molecular flexibility index (Phi) is 5.70. The minimum atomic E-state index is -3.75. The fraction of sp³-hybridized carbons (Fsp3) is 0.350. The van der Waals surface area contributed by atoms with Gasteiger partial charge >= 0.3 is 0 Å².